The van der Waals surface area contributed by atoms with Gasteiger partial charge in [0.15, 0.2) is 0 Å². The van der Waals surface area contributed by atoms with Gasteiger partial charge < -0.3 is 5.32 Å². The van der Waals surface area contributed by atoms with Gasteiger partial charge in [0.25, 0.3) is 5.91 Å². The third kappa shape index (κ3) is 3.29. The van der Waals surface area contributed by atoms with Crippen LogP contribution < -0.4 is 5.32 Å². The molecule has 2 aromatic rings. The van der Waals surface area contributed by atoms with Crippen molar-refractivity contribution in [3.63, 3.8) is 0 Å². The molecule has 0 unspecified atom stereocenters. The molecule has 2 nitrogen and oxygen atoms in total. The van der Waals surface area contributed by atoms with Crippen molar-refractivity contribution in [1.29, 1.82) is 0 Å². The van der Waals surface area contributed by atoms with Gasteiger partial charge in [0.1, 0.15) is 5.82 Å². The molecule has 2 rings (SSSR count). The summed E-state index contributed by atoms with van der Waals surface area (Å²) in [6.07, 6.45) is 0. The quantitative estimate of drug-likeness (QED) is 0.654. The van der Waals surface area contributed by atoms with E-state index in [9.17, 15) is 9.18 Å². The molecule has 0 saturated carbocycles. The standard InChI is InChI=1S/C14H11FINO/c15-12-5-2-6-13(8-12)17-14(18)11-4-1-3-10(7-11)9-16/h1-8H,9H2,(H,17,18). The Morgan fingerprint density at radius 1 is 1.17 bits per heavy atom. The Morgan fingerprint density at radius 2 is 1.94 bits per heavy atom. The van der Waals surface area contributed by atoms with Crippen LogP contribution >= 0.6 is 22.6 Å². The van der Waals surface area contributed by atoms with Crippen molar-refractivity contribution >= 4 is 34.2 Å². The summed E-state index contributed by atoms with van der Waals surface area (Å²) in [4.78, 5) is 12.0. The summed E-state index contributed by atoms with van der Waals surface area (Å²) in [5, 5.41) is 2.67. The molecular weight excluding hydrogens is 344 g/mol. The predicted octanol–water partition coefficient (Wildman–Crippen LogP) is 4.01. The van der Waals surface area contributed by atoms with Gasteiger partial charge >= 0.3 is 0 Å². The second-order valence-electron chi connectivity index (χ2n) is 3.80. The smallest absolute Gasteiger partial charge is 0.255 e. The van der Waals surface area contributed by atoms with E-state index >= 15 is 0 Å². The summed E-state index contributed by atoms with van der Waals surface area (Å²) in [6, 6.07) is 13.2. The minimum absolute atomic E-state index is 0.229. The van der Waals surface area contributed by atoms with Crippen molar-refractivity contribution in [3.05, 3.63) is 65.5 Å². The van der Waals surface area contributed by atoms with Crippen molar-refractivity contribution in [2.24, 2.45) is 0 Å². The second-order valence-corrected chi connectivity index (χ2v) is 4.56. The third-order valence-corrected chi connectivity index (χ3v) is 3.31. The molecule has 4 heteroatoms. The van der Waals surface area contributed by atoms with Gasteiger partial charge in [-0.1, -0.05) is 40.8 Å². The molecule has 0 fully saturated rings. The topological polar surface area (TPSA) is 29.1 Å². The zero-order valence-corrected chi connectivity index (χ0v) is 11.6. The van der Waals surface area contributed by atoms with Crippen molar-refractivity contribution in [2.45, 2.75) is 4.43 Å². The number of amides is 1. The van der Waals surface area contributed by atoms with Crippen molar-refractivity contribution in [2.75, 3.05) is 5.32 Å². The molecule has 0 bridgehead atoms. The fourth-order valence-corrected chi connectivity index (χ4v) is 2.04. The number of rotatable bonds is 3. The van der Waals surface area contributed by atoms with Crippen LogP contribution in [0.2, 0.25) is 0 Å². The van der Waals surface area contributed by atoms with E-state index < -0.39 is 0 Å². The minimum atomic E-state index is -0.367. The summed E-state index contributed by atoms with van der Waals surface area (Å²) >= 11 is 2.24. The van der Waals surface area contributed by atoms with Gasteiger partial charge in [-0.05, 0) is 35.9 Å². The van der Waals surface area contributed by atoms with E-state index in [1.165, 1.54) is 12.1 Å². The number of carbonyl (C=O) groups is 1. The maximum atomic E-state index is 13.0. The van der Waals surface area contributed by atoms with Crippen LogP contribution in [0.25, 0.3) is 0 Å². The van der Waals surface area contributed by atoms with Crippen LogP contribution in [0.3, 0.4) is 0 Å². The van der Waals surface area contributed by atoms with Gasteiger partial charge in [0, 0.05) is 15.7 Å². The second kappa shape index (κ2) is 5.95. The maximum Gasteiger partial charge on any atom is 0.255 e. The molecule has 18 heavy (non-hydrogen) atoms. The number of halogens is 2. The summed E-state index contributed by atoms with van der Waals surface area (Å²) < 4.78 is 13.8. The number of alkyl halides is 1. The van der Waals surface area contributed by atoms with Gasteiger partial charge in [-0.25, -0.2) is 4.39 Å². The van der Waals surface area contributed by atoms with E-state index in [0.717, 1.165) is 9.99 Å². The number of carbonyl (C=O) groups excluding carboxylic acids is 1. The summed E-state index contributed by atoms with van der Waals surface area (Å²) in [5.41, 5.74) is 2.12. The molecule has 0 aliphatic rings. The lowest BCUT2D eigenvalue weighted by molar-refractivity contribution is 0.102. The number of nitrogens with one attached hydrogen (secondary N) is 1. The number of hydrogen-bond donors (Lipinski definition) is 1. The fourth-order valence-electron chi connectivity index (χ4n) is 1.57. The lowest BCUT2D eigenvalue weighted by Gasteiger charge is -2.06. The molecule has 0 spiro atoms. The van der Waals surface area contributed by atoms with Crippen LogP contribution in [0.1, 0.15) is 15.9 Å². The Hall–Kier alpha value is -1.43. The fraction of sp³-hybridized carbons (Fsp3) is 0.0714. The van der Waals surface area contributed by atoms with Crippen molar-refractivity contribution < 1.29 is 9.18 Å². The Bertz CT molecular complexity index is 571. The largest absolute Gasteiger partial charge is 0.322 e. The van der Waals surface area contributed by atoms with Crippen LogP contribution in [0.5, 0.6) is 0 Å². The van der Waals surface area contributed by atoms with Gasteiger partial charge in [-0.3, -0.25) is 4.79 Å². The SMILES string of the molecule is O=C(Nc1cccc(F)c1)c1cccc(CI)c1. The molecule has 0 aliphatic heterocycles. The average Bonchev–Trinajstić information content (AvgIpc) is 2.39. The molecule has 2 aromatic carbocycles. The third-order valence-electron chi connectivity index (χ3n) is 2.43. The van der Waals surface area contributed by atoms with Gasteiger partial charge in [-0.15, -0.1) is 0 Å². The molecular formula is C14H11FINO. The lowest BCUT2D eigenvalue weighted by atomic mass is 10.1. The molecule has 0 aliphatic carbocycles. The first-order valence-electron chi connectivity index (χ1n) is 5.41. The van der Waals surface area contributed by atoms with Crippen molar-refractivity contribution in [1.82, 2.24) is 0 Å². The summed E-state index contributed by atoms with van der Waals surface area (Å²) in [7, 11) is 0. The molecule has 0 radical (unpaired) electrons. The molecule has 0 saturated heterocycles. The molecule has 1 N–H and O–H groups in total. The Balaban J connectivity index is 2.16. The van der Waals surface area contributed by atoms with E-state index in [2.05, 4.69) is 27.9 Å². The van der Waals surface area contributed by atoms with Crippen LogP contribution in [0, 0.1) is 5.82 Å². The van der Waals surface area contributed by atoms with E-state index in [4.69, 9.17) is 0 Å². The average molecular weight is 355 g/mol. The van der Waals surface area contributed by atoms with Crippen LogP contribution in [-0.4, -0.2) is 5.91 Å². The summed E-state index contributed by atoms with van der Waals surface area (Å²) in [6.45, 7) is 0. The highest BCUT2D eigenvalue weighted by atomic mass is 127. The Labute approximate surface area is 118 Å². The van der Waals surface area contributed by atoms with Gasteiger partial charge in [-0.2, -0.15) is 0 Å². The molecule has 0 atom stereocenters. The van der Waals surface area contributed by atoms with E-state index in [1.54, 1.807) is 18.2 Å². The Morgan fingerprint density at radius 3 is 2.67 bits per heavy atom. The van der Waals surface area contributed by atoms with Crippen molar-refractivity contribution in [3.8, 4) is 0 Å². The molecule has 0 aromatic heterocycles. The zero-order valence-electron chi connectivity index (χ0n) is 9.49. The highest BCUT2D eigenvalue weighted by Gasteiger charge is 2.06. The highest BCUT2D eigenvalue weighted by molar-refractivity contribution is 14.1. The maximum absolute atomic E-state index is 13.0. The monoisotopic (exact) mass is 355 g/mol. The first-order valence-corrected chi connectivity index (χ1v) is 6.93. The van der Waals surface area contributed by atoms with E-state index in [-0.39, 0.29) is 11.7 Å². The number of benzene rings is 2. The highest BCUT2D eigenvalue weighted by Crippen LogP contribution is 2.13. The first kappa shape index (κ1) is 13.0. The van der Waals surface area contributed by atoms with Crippen LogP contribution in [0.4, 0.5) is 10.1 Å². The normalized spacial score (nSPS) is 10.1. The minimum Gasteiger partial charge on any atom is -0.322 e. The molecule has 0 heterocycles. The number of anilines is 1. The van der Waals surface area contributed by atoms with Crippen LogP contribution in [-0.2, 0) is 4.43 Å². The Kier molecular flexibility index (Phi) is 4.30. The predicted molar refractivity (Wildman–Crippen MR) is 78.5 cm³/mol. The molecule has 92 valence electrons. The zero-order chi connectivity index (χ0) is 13.0. The van der Waals surface area contributed by atoms with E-state index in [1.807, 2.05) is 18.2 Å². The number of hydrogen-bond acceptors (Lipinski definition) is 1. The lowest BCUT2D eigenvalue weighted by Crippen LogP contribution is -2.12. The first-order chi connectivity index (χ1) is 8.69. The molecule has 1 amide bonds. The van der Waals surface area contributed by atoms with Crippen LogP contribution in [0.15, 0.2) is 48.5 Å². The van der Waals surface area contributed by atoms with Gasteiger partial charge in [0.2, 0.25) is 0 Å². The van der Waals surface area contributed by atoms with Gasteiger partial charge in [0.05, 0.1) is 0 Å². The van der Waals surface area contributed by atoms with E-state index in [0.29, 0.717) is 11.3 Å². The summed E-state index contributed by atoms with van der Waals surface area (Å²) in [5.74, 6) is -0.596.